The average Bonchev–Trinajstić information content (AvgIpc) is 2.51. The zero-order valence-electron chi connectivity index (χ0n) is 13.1. The number of hydrogen-bond acceptors (Lipinski definition) is 4. The van der Waals surface area contributed by atoms with Gasteiger partial charge in [-0.1, -0.05) is 6.92 Å². The zero-order chi connectivity index (χ0) is 15.1. The molecule has 1 aromatic carbocycles. The van der Waals surface area contributed by atoms with Crippen LogP contribution in [0.4, 0.5) is 5.69 Å². The van der Waals surface area contributed by atoms with Gasteiger partial charge in [-0.15, -0.1) is 0 Å². The average molecular weight is 290 g/mol. The van der Waals surface area contributed by atoms with Crippen LogP contribution in [0.2, 0.25) is 0 Å². The summed E-state index contributed by atoms with van der Waals surface area (Å²) in [5.74, 6) is 0.468. The lowest BCUT2D eigenvalue weighted by atomic mass is 9.98. The van der Waals surface area contributed by atoms with Gasteiger partial charge in [-0.25, -0.2) is 4.79 Å². The summed E-state index contributed by atoms with van der Waals surface area (Å²) in [5, 5.41) is 3.47. The van der Waals surface area contributed by atoms with Crippen molar-refractivity contribution in [2.24, 2.45) is 5.92 Å². The molecule has 116 valence electrons. The molecular formula is C17H26N2O2. The summed E-state index contributed by atoms with van der Waals surface area (Å²) in [6.07, 6.45) is 3.42. The summed E-state index contributed by atoms with van der Waals surface area (Å²) in [7, 11) is 2.18. The standard InChI is InChI=1S/C17H26N2O2/c1-3-11-21-17(20)15-6-8-16(9-7-15)18-12-14-5-4-10-19(2)13-14/h6-9,14,18H,3-5,10-13H2,1-2H3. The van der Waals surface area contributed by atoms with Crippen LogP contribution in [0.5, 0.6) is 0 Å². The maximum absolute atomic E-state index is 11.7. The lowest BCUT2D eigenvalue weighted by Gasteiger charge is -2.29. The molecule has 1 aliphatic rings. The van der Waals surface area contributed by atoms with E-state index in [0.29, 0.717) is 18.1 Å². The molecule has 0 radical (unpaired) electrons. The summed E-state index contributed by atoms with van der Waals surface area (Å²) >= 11 is 0. The second-order valence-electron chi connectivity index (χ2n) is 5.86. The number of carbonyl (C=O) groups is 1. The van der Waals surface area contributed by atoms with Crippen molar-refractivity contribution < 1.29 is 9.53 Å². The van der Waals surface area contributed by atoms with E-state index in [1.165, 1.54) is 19.4 Å². The summed E-state index contributed by atoms with van der Waals surface area (Å²) in [5.41, 5.74) is 1.68. The van der Waals surface area contributed by atoms with Crippen LogP contribution in [0.1, 0.15) is 36.5 Å². The van der Waals surface area contributed by atoms with Crippen LogP contribution in [-0.2, 0) is 4.74 Å². The van der Waals surface area contributed by atoms with Crippen molar-refractivity contribution in [2.75, 3.05) is 38.6 Å². The van der Waals surface area contributed by atoms with E-state index < -0.39 is 0 Å². The Morgan fingerprint density at radius 1 is 1.38 bits per heavy atom. The van der Waals surface area contributed by atoms with Crippen LogP contribution < -0.4 is 5.32 Å². The maximum atomic E-state index is 11.7. The van der Waals surface area contributed by atoms with E-state index in [1.807, 2.05) is 31.2 Å². The minimum absolute atomic E-state index is 0.239. The van der Waals surface area contributed by atoms with E-state index >= 15 is 0 Å². The molecule has 1 heterocycles. The Kier molecular flexibility index (Phi) is 6.05. The molecule has 1 N–H and O–H groups in total. The largest absolute Gasteiger partial charge is 0.462 e. The van der Waals surface area contributed by atoms with Gasteiger partial charge in [0.05, 0.1) is 12.2 Å². The molecule has 1 aromatic rings. The number of anilines is 1. The van der Waals surface area contributed by atoms with Crippen molar-refractivity contribution in [2.45, 2.75) is 26.2 Å². The van der Waals surface area contributed by atoms with E-state index in [9.17, 15) is 4.79 Å². The Morgan fingerprint density at radius 2 is 2.14 bits per heavy atom. The third-order valence-corrected chi connectivity index (χ3v) is 3.87. The molecule has 4 heteroatoms. The van der Waals surface area contributed by atoms with Crippen LogP contribution in [0, 0.1) is 5.92 Å². The number of nitrogens with one attached hydrogen (secondary N) is 1. The Morgan fingerprint density at radius 3 is 2.81 bits per heavy atom. The van der Waals surface area contributed by atoms with Crippen LogP contribution in [0.25, 0.3) is 0 Å². The first-order valence-electron chi connectivity index (χ1n) is 7.88. The van der Waals surface area contributed by atoms with Crippen LogP contribution in [0.15, 0.2) is 24.3 Å². The van der Waals surface area contributed by atoms with Crippen LogP contribution in [0.3, 0.4) is 0 Å². The van der Waals surface area contributed by atoms with Crippen molar-refractivity contribution in [1.29, 1.82) is 0 Å². The summed E-state index contributed by atoms with van der Waals surface area (Å²) in [4.78, 5) is 14.1. The van der Waals surface area contributed by atoms with Crippen molar-refractivity contribution in [1.82, 2.24) is 4.90 Å². The minimum atomic E-state index is -0.239. The highest BCUT2D eigenvalue weighted by molar-refractivity contribution is 5.89. The monoisotopic (exact) mass is 290 g/mol. The zero-order valence-corrected chi connectivity index (χ0v) is 13.1. The van der Waals surface area contributed by atoms with Gasteiger partial charge in [0.25, 0.3) is 0 Å². The quantitative estimate of drug-likeness (QED) is 0.818. The predicted octanol–water partition coefficient (Wildman–Crippen LogP) is 3.01. The fourth-order valence-corrected chi connectivity index (χ4v) is 2.70. The molecule has 0 aromatic heterocycles. The third kappa shape index (κ3) is 5.05. The first kappa shape index (κ1) is 15.8. The van der Waals surface area contributed by atoms with Gasteiger partial charge in [0.2, 0.25) is 0 Å². The Labute approximate surface area is 127 Å². The normalized spacial score (nSPS) is 19.2. The molecule has 1 atom stereocenters. The Hall–Kier alpha value is -1.55. The van der Waals surface area contributed by atoms with Crippen molar-refractivity contribution in [3.05, 3.63) is 29.8 Å². The van der Waals surface area contributed by atoms with Crippen LogP contribution in [-0.4, -0.2) is 44.2 Å². The van der Waals surface area contributed by atoms with Crippen LogP contribution >= 0.6 is 0 Å². The molecule has 1 aliphatic heterocycles. The molecule has 0 amide bonds. The summed E-state index contributed by atoms with van der Waals surface area (Å²) in [6.45, 7) is 5.83. The lowest BCUT2D eigenvalue weighted by molar-refractivity contribution is 0.0505. The Bertz CT molecular complexity index is 445. The van der Waals surface area contributed by atoms with E-state index in [-0.39, 0.29) is 5.97 Å². The second-order valence-corrected chi connectivity index (χ2v) is 5.86. The number of nitrogens with zero attached hydrogens (tertiary/aromatic N) is 1. The number of hydrogen-bond donors (Lipinski definition) is 1. The molecule has 0 saturated carbocycles. The number of rotatable bonds is 6. The SMILES string of the molecule is CCCOC(=O)c1ccc(NCC2CCCN(C)C2)cc1. The van der Waals surface area contributed by atoms with Gasteiger partial charge in [0.15, 0.2) is 0 Å². The number of ether oxygens (including phenoxy) is 1. The fraction of sp³-hybridized carbons (Fsp3) is 0.588. The molecule has 0 aliphatic carbocycles. The van der Waals surface area contributed by atoms with Gasteiger partial charge in [-0.05, 0) is 63.0 Å². The van der Waals surface area contributed by atoms with Gasteiger partial charge in [-0.3, -0.25) is 0 Å². The molecule has 1 saturated heterocycles. The number of likely N-dealkylation sites (tertiary alicyclic amines) is 1. The highest BCUT2D eigenvalue weighted by Crippen LogP contribution is 2.17. The molecule has 0 bridgehead atoms. The van der Waals surface area contributed by atoms with E-state index in [4.69, 9.17) is 4.74 Å². The maximum Gasteiger partial charge on any atom is 0.338 e. The van der Waals surface area contributed by atoms with Gasteiger partial charge in [-0.2, -0.15) is 0 Å². The first-order valence-corrected chi connectivity index (χ1v) is 7.88. The first-order chi connectivity index (χ1) is 10.2. The van der Waals surface area contributed by atoms with E-state index in [2.05, 4.69) is 17.3 Å². The fourth-order valence-electron chi connectivity index (χ4n) is 2.70. The Balaban J connectivity index is 1.80. The van der Waals surface area contributed by atoms with Gasteiger partial charge >= 0.3 is 5.97 Å². The van der Waals surface area contributed by atoms with Gasteiger partial charge < -0.3 is 15.0 Å². The number of esters is 1. The number of carbonyl (C=O) groups excluding carboxylic acids is 1. The lowest BCUT2D eigenvalue weighted by Crippen LogP contribution is -2.35. The molecule has 1 unspecified atom stereocenters. The molecule has 4 nitrogen and oxygen atoms in total. The highest BCUT2D eigenvalue weighted by Gasteiger charge is 2.16. The molecule has 21 heavy (non-hydrogen) atoms. The number of benzene rings is 1. The minimum Gasteiger partial charge on any atom is -0.462 e. The van der Waals surface area contributed by atoms with Crippen molar-refractivity contribution >= 4 is 11.7 Å². The second kappa shape index (κ2) is 8.03. The van der Waals surface area contributed by atoms with Crippen molar-refractivity contribution in [3.8, 4) is 0 Å². The van der Waals surface area contributed by atoms with E-state index in [0.717, 1.165) is 25.2 Å². The van der Waals surface area contributed by atoms with E-state index in [1.54, 1.807) is 0 Å². The molecular weight excluding hydrogens is 264 g/mol. The third-order valence-electron chi connectivity index (χ3n) is 3.87. The molecule has 1 fully saturated rings. The summed E-state index contributed by atoms with van der Waals surface area (Å²) < 4.78 is 5.12. The smallest absolute Gasteiger partial charge is 0.338 e. The summed E-state index contributed by atoms with van der Waals surface area (Å²) in [6, 6.07) is 7.56. The number of piperidine rings is 1. The highest BCUT2D eigenvalue weighted by atomic mass is 16.5. The van der Waals surface area contributed by atoms with Gasteiger partial charge in [0, 0.05) is 18.8 Å². The molecule has 0 spiro atoms. The van der Waals surface area contributed by atoms with Gasteiger partial charge in [0.1, 0.15) is 0 Å². The molecule has 2 rings (SSSR count). The predicted molar refractivity (Wildman–Crippen MR) is 85.7 cm³/mol. The topological polar surface area (TPSA) is 41.6 Å². The van der Waals surface area contributed by atoms with Crippen molar-refractivity contribution in [3.63, 3.8) is 0 Å².